The lowest BCUT2D eigenvalue weighted by Gasteiger charge is -2.41. The summed E-state index contributed by atoms with van der Waals surface area (Å²) in [6.45, 7) is 1.73. The van der Waals surface area contributed by atoms with Gasteiger partial charge in [-0.05, 0) is 12.8 Å². The van der Waals surface area contributed by atoms with Crippen molar-refractivity contribution < 1.29 is 5.21 Å². The van der Waals surface area contributed by atoms with Gasteiger partial charge in [0.25, 0.3) is 0 Å². The van der Waals surface area contributed by atoms with Gasteiger partial charge in [-0.2, -0.15) is 5.06 Å². The minimum Gasteiger partial charge on any atom is -0.314 e. The fraction of sp³-hybridized carbons (Fsp3) is 1.00. The SMILES string of the molecule is ON1CCNC2CCCCC21. The maximum Gasteiger partial charge on any atom is 0.0504 e. The highest BCUT2D eigenvalue weighted by molar-refractivity contribution is 4.88. The summed E-state index contributed by atoms with van der Waals surface area (Å²) in [7, 11) is 0. The average molecular weight is 156 g/mol. The van der Waals surface area contributed by atoms with Crippen molar-refractivity contribution in [2.45, 2.75) is 37.8 Å². The first-order valence-electron chi connectivity index (χ1n) is 4.57. The second-order valence-electron chi connectivity index (χ2n) is 3.58. The molecule has 1 aliphatic heterocycles. The summed E-state index contributed by atoms with van der Waals surface area (Å²) < 4.78 is 0. The lowest BCUT2D eigenvalue weighted by atomic mass is 9.89. The van der Waals surface area contributed by atoms with Crippen LogP contribution in [-0.4, -0.2) is 35.4 Å². The molecule has 2 atom stereocenters. The van der Waals surface area contributed by atoms with Crippen LogP contribution in [0.5, 0.6) is 0 Å². The Labute approximate surface area is 67.3 Å². The predicted molar refractivity (Wildman–Crippen MR) is 42.5 cm³/mol. The second kappa shape index (κ2) is 3.09. The standard InChI is InChI=1S/C8H16N2O/c11-10-6-5-9-7-3-1-2-4-8(7)10/h7-9,11H,1-6H2. The molecule has 2 rings (SSSR count). The maximum atomic E-state index is 9.50. The van der Waals surface area contributed by atoms with E-state index in [0.717, 1.165) is 19.5 Å². The number of nitrogens with one attached hydrogen (secondary N) is 1. The van der Waals surface area contributed by atoms with Gasteiger partial charge in [-0.1, -0.05) is 12.8 Å². The molecule has 1 saturated heterocycles. The number of rotatable bonds is 0. The van der Waals surface area contributed by atoms with E-state index in [2.05, 4.69) is 5.32 Å². The molecule has 2 N–H and O–H groups in total. The van der Waals surface area contributed by atoms with Gasteiger partial charge >= 0.3 is 0 Å². The smallest absolute Gasteiger partial charge is 0.0504 e. The van der Waals surface area contributed by atoms with Crippen molar-refractivity contribution in [1.29, 1.82) is 0 Å². The molecule has 64 valence electrons. The van der Waals surface area contributed by atoms with Crippen molar-refractivity contribution in [1.82, 2.24) is 10.4 Å². The Hall–Kier alpha value is -0.120. The first-order valence-corrected chi connectivity index (χ1v) is 4.57. The summed E-state index contributed by atoms with van der Waals surface area (Å²) in [6, 6.07) is 0.958. The van der Waals surface area contributed by atoms with Crippen LogP contribution in [0.4, 0.5) is 0 Å². The van der Waals surface area contributed by atoms with Crippen LogP contribution in [0.25, 0.3) is 0 Å². The summed E-state index contributed by atoms with van der Waals surface area (Å²) in [5, 5.41) is 14.5. The van der Waals surface area contributed by atoms with Crippen LogP contribution < -0.4 is 5.32 Å². The minimum atomic E-state index is 0.400. The Kier molecular flexibility index (Phi) is 2.11. The largest absolute Gasteiger partial charge is 0.314 e. The summed E-state index contributed by atoms with van der Waals surface area (Å²) in [4.78, 5) is 0. The highest BCUT2D eigenvalue weighted by Gasteiger charge is 2.31. The van der Waals surface area contributed by atoms with Gasteiger partial charge in [-0.25, -0.2) is 0 Å². The number of hydroxylamine groups is 2. The van der Waals surface area contributed by atoms with E-state index in [9.17, 15) is 5.21 Å². The van der Waals surface area contributed by atoms with Crippen LogP contribution in [0, 0.1) is 0 Å². The van der Waals surface area contributed by atoms with Crippen LogP contribution in [0.1, 0.15) is 25.7 Å². The zero-order chi connectivity index (χ0) is 7.68. The van der Waals surface area contributed by atoms with Gasteiger partial charge in [-0.3, -0.25) is 0 Å². The number of piperazine rings is 1. The molecule has 1 saturated carbocycles. The summed E-state index contributed by atoms with van der Waals surface area (Å²) in [6.07, 6.45) is 5.00. The molecule has 1 aliphatic carbocycles. The van der Waals surface area contributed by atoms with E-state index in [4.69, 9.17) is 0 Å². The van der Waals surface area contributed by atoms with Crippen LogP contribution in [-0.2, 0) is 0 Å². The molecule has 0 bridgehead atoms. The van der Waals surface area contributed by atoms with E-state index in [1.165, 1.54) is 24.3 Å². The van der Waals surface area contributed by atoms with Gasteiger partial charge in [0.1, 0.15) is 0 Å². The zero-order valence-corrected chi connectivity index (χ0v) is 6.79. The highest BCUT2D eigenvalue weighted by Crippen LogP contribution is 2.23. The van der Waals surface area contributed by atoms with E-state index >= 15 is 0 Å². The molecule has 1 heterocycles. The Morgan fingerprint density at radius 1 is 1.27 bits per heavy atom. The van der Waals surface area contributed by atoms with Gasteiger partial charge in [0.15, 0.2) is 0 Å². The molecule has 2 fully saturated rings. The highest BCUT2D eigenvalue weighted by atomic mass is 16.5. The maximum absolute atomic E-state index is 9.50. The van der Waals surface area contributed by atoms with Crippen molar-refractivity contribution in [3.63, 3.8) is 0 Å². The number of fused-ring (bicyclic) bond motifs is 1. The molecule has 3 nitrogen and oxygen atoms in total. The molecule has 11 heavy (non-hydrogen) atoms. The third-order valence-electron chi connectivity index (χ3n) is 2.86. The first-order chi connectivity index (χ1) is 5.38. The molecule has 3 heteroatoms. The van der Waals surface area contributed by atoms with E-state index in [-0.39, 0.29) is 0 Å². The van der Waals surface area contributed by atoms with E-state index in [1.54, 1.807) is 0 Å². The van der Waals surface area contributed by atoms with Crippen LogP contribution in [0.15, 0.2) is 0 Å². The lowest BCUT2D eigenvalue weighted by Crippen LogP contribution is -2.57. The fourth-order valence-electron chi connectivity index (χ4n) is 2.24. The molecular formula is C8H16N2O. The molecule has 0 radical (unpaired) electrons. The summed E-state index contributed by atoms with van der Waals surface area (Å²) in [5.74, 6) is 0. The Morgan fingerprint density at radius 3 is 2.91 bits per heavy atom. The van der Waals surface area contributed by atoms with Crippen LogP contribution >= 0.6 is 0 Å². The average Bonchev–Trinajstić information content (AvgIpc) is 2.06. The van der Waals surface area contributed by atoms with Crippen molar-refractivity contribution in [3.8, 4) is 0 Å². The summed E-state index contributed by atoms with van der Waals surface area (Å²) >= 11 is 0. The molecule has 0 aromatic rings. The monoisotopic (exact) mass is 156 g/mol. The normalized spacial score (nSPS) is 40.1. The van der Waals surface area contributed by atoms with Crippen molar-refractivity contribution in [2.75, 3.05) is 13.1 Å². The van der Waals surface area contributed by atoms with Crippen molar-refractivity contribution in [2.24, 2.45) is 0 Å². The first kappa shape index (κ1) is 7.53. The van der Waals surface area contributed by atoms with Gasteiger partial charge in [0.05, 0.1) is 6.04 Å². The van der Waals surface area contributed by atoms with Gasteiger partial charge in [0, 0.05) is 19.1 Å². The molecule has 2 aliphatic rings. The predicted octanol–water partition coefficient (Wildman–Crippen LogP) is 0.592. The zero-order valence-electron chi connectivity index (χ0n) is 6.79. The fourth-order valence-corrected chi connectivity index (χ4v) is 2.24. The van der Waals surface area contributed by atoms with Crippen LogP contribution in [0.2, 0.25) is 0 Å². The molecule has 0 aromatic heterocycles. The van der Waals surface area contributed by atoms with Gasteiger partial charge < -0.3 is 10.5 Å². The van der Waals surface area contributed by atoms with Crippen LogP contribution in [0.3, 0.4) is 0 Å². The molecular weight excluding hydrogens is 140 g/mol. The summed E-state index contributed by atoms with van der Waals surface area (Å²) in [5.41, 5.74) is 0. The molecule has 0 amide bonds. The van der Waals surface area contributed by atoms with Gasteiger partial charge in [-0.15, -0.1) is 0 Å². The topological polar surface area (TPSA) is 35.5 Å². The Morgan fingerprint density at radius 2 is 2.09 bits per heavy atom. The molecule has 2 unspecified atom stereocenters. The van der Waals surface area contributed by atoms with E-state index in [0.29, 0.717) is 12.1 Å². The quantitative estimate of drug-likeness (QED) is 0.539. The van der Waals surface area contributed by atoms with Gasteiger partial charge in [0.2, 0.25) is 0 Å². The number of nitrogens with zero attached hydrogens (tertiary/aromatic N) is 1. The number of hydrogen-bond acceptors (Lipinski definition) is 3. The van der Waals surface area contributed by atoms with E-state index < -0.39 is 0 Å². The van der Waals surface area contributed by atoms with E-state index in [1.807, 2.05) is 0 Å². The Bertz CT molecular complexity index is 138. The van der Waals surface area contributed by atoms with Crippen molar-refractivity contribution in [3.05, 3.63) is 0 Å². The second-order valence-corrected chi connectivity index (χ2v) is 3.58. The molecule has 0 spiro atoms. The molecule has 0 aromatic carbocycles. The number of hydrogen-bond donors (Lipinski definition) is 2. The minimum absolute atomic E-state index is 0.400. The lowest BCUT2D eigenvalue weighted by molar-refractivity contribution is -0.155. The third kappa shape index (κ3) is 1.41. The van der Waals surface area contributed by atoms with Crippen molar-refractivity contribution >= 4 is 0 Å². The third-order valence-corrected chi connectivity index (χ3v) is 2.86. The Balaban J connectivity index is 1.99.